The number of carbonyl (C=O) groups excluding carboxylic acids is 2. The highest BCUT2D eigenvalue weighted by molar-refractivity contribution is 6.44. The molecule has 0 aliphatic heterocycles. The van der Waals surface area contributed by atoms with E-state index in [9.17, 15) is 14.0 Å². The number of amides is 1. The van der Waals surface area contributed by atoms with Gasteiger partial charge in [-0.25, -0.2) is 4.39 Å². The molecule has 2 rings (SSSR count). The van der Waals surface area contributed by atoms with Crippen molar-refractivity contribution in [1.82, 2.24) is 10.3 Å². The van der Waals surface area contributed by atoms with E-state index in [0.717, 1.165) is 0 Å². The Balaban J connectivity index is 2.24. The second kappa shape index (κ2) is 5.22. The molecule has 0 aliphatic carbocycles. The van der Waals surface area contributed by atoms with E-state index in [1.165, 1.54) is 24.4 Å². The molecule has 100 valence electrons. The predicted octanol–water partition coefficient (Wildman–Crippen LogP) is 2.26. The molecule has 1 heterocycles. The van der Waals surface area contributed by atoms with Crippen LogP contribution in [0, 0.1) is 11.7 Å². The van der Waals surface area contributed by atoms with Crippen LogP contribution in [0.4, 0.5) is 4.39 Å². The number of H-pyrrole nitrogens is 1. The summed E-state index contributed by atoms with van der Waals surface area (Å²) in [4.78, 5) is 26.5. The highest BCUT2D eigenvalue weighted by Crippen LogP contribution is 2.19. The Morgan fingerprint density at radius 2 is 2.11 bits per heavy atom. The molecular weight excluding hydrogens is 247 g/mol. The van der Waals surface area contributed by atoms with E-state index in [0.29, 0.717) is 17.4 Å². The van der Waals surface area contributed by atoms with Gasteiger partial charge in [0.1, 0.15) is 5.82 Å². The number of hydrogen-bond donors (Lipinski definition) is 2. The van der Waals surface area contributed by atoms with E-state index in [2.05, 4.69) is 10.3 Å². The maximum Gasteiger partial charge on any atom is 0.292 e. The lowest BCUT2D eigenvalue weighted by Crippen LogP contribution is -2.33. The SMILES string of the molecule is CC(C)CNC(=O)C(=O)c1c[nH]c2cc(F)ccc12. The molecule has 0 bridgehead atoms. The lowest BCUT2D eigenvalue weighted by molar-refractivity contribution is -0.117. The molecule has 2 aromatic rings. The van der Waals surface area contributed by atoms with E-state index in [-0.39, 0.29) is 11.5 Å². The topological polar surface area (TPSA) is 62.0 Å². The second-order valence-electron chi connectivity index (χ2n) is 4.83. The van der Waals surface area contributed by atoms with Gasteiger partial charge in [-0.1, -0.05) is 13.8 Å². The van der Waals surface area contributed by atoms with Crippen LogP contribution >= 0.6 is 0 Å². The van der Waals surface area contributed by atoms with Gasteiger partial charge in [-0.15, -0.1) is 0 Å². The molecular formula is C14H15FN2O2. The first-order chi connectivity index (χ1) is 8.99. The summed E-state index contributed by atoms with van der Waals surface area (Å²) in [5, 5.41) is 3.12. The van der Waals surface area contributed by atoms with Crippen molar-refractivity contribution in [3.63, 3.8) is 0 Å². The number of carbonyl (C=O) groups is 2. The maximum atomic E-state index is 13.0. The molecule has 4 nitrogen and oxygen atoms in total. The minimum absolute atomic E-state index is 0.260. The normalized spacial score (nSPS) is 10.9. The lowest BCUT2D eigenvalue weighted by atomic mass is 10.1. The zero-order valence-electron chi connectivity index (χ0n) is 10.8. The zero-order chi connectivity index (χ0) is 14.0. The molecule has 2 N–H and O–H groups in total. The number of halogens is 1. The molecule has 0 saturated carbocycles. The molecule has 0 unspecified atom stereocenters. The van der Waals surface area contributed by atoms with E-state index < -0.39 is 17.5 Å². The number of fused-ring (bicyclic) bond motifs is 1. The predicted molar refractivity (Wildman–Crippen MR) is 70.4 cm³/mol. The van der Waals surface area contributed by atoms with Crippen LogP contribution in [-0.2, 0) is 4.79 Å². The Hall–Kier alpha value is -2.17. The summed E-state index contributed by atoms with van der Waals surface area (Å²) < 4.78 is 13.0. The highest BCUT2D eigenvalue weighted by Gasteiger charge is 2.19. The van der Waals surface area contributed by atoms with Gasteiger partial charge in [-0.05, 0) is 24.1 Å². The smallest absolute Gasteiger partial charge is 0.292 e. The van der Waals surface area contributed by atoms with Gasteiger partial charge in [0.2, 0.25) is 0 Å². The van der Waals surface area contributed by atoms with Crippen LogP contribution in [-0.4, -0.2) is 23.2 Å². The lowest BCUT2D eigenvalue weighted by Gasteiger charge is -2.06. The standard InChI is InChI=1S/C14H15FN2O2/c1-8(2)6-17-14(19)13(18)11-7-16-12-5-9(15)3-4-10(11)12/h3-5,7-8,16H,6H2,1-2H3,(H,17,19). The van der Waals surface area contributed by atoms with Gasteiger partial charge in [-0.3, -0.25) is 9.59 Å². The van der Waals surface area contributed by atoms with Crippen molar-refractivity contribution >= 4 is 22.6 Å². The molecule has 1 aromatic carbocycles. The van der Waals surface area contributed by atoms with Crippen molar-refractivity contribution in [3.8, 4) is 0 Å². The van der Waals surface area contributed by atoms with Crippen LogP contribution in [0.5, 0.6) is 0 Å². The summed E-state index contributed by atoms with van der Waals surface area (Å²) >= 11 is 0. The van der Waals surface area contributed by atoms with E-state index in [1.807, 2.05) is 13.8 Å². The van der Waals surface area contributed by atoms with E-state index in [1.54, 1.807) is 0 Å². The Kier molecular flexibility index (Phi) is 3.64. The number of ketones is 1. The van der Waals surface area contributed by atoms with Gasteiger partial charge >= 0.3 is 0 Å². The number of nitrogens with one attached hydrogen (secondary N) is 2. The number of Topliss-reactive ketones (excluding diaryl/α,β-unsaturated/α-hetero) is 1. The molecule has 0 fully saturated rings. The van der Waals surface area contributed by atoms with E-state index in [4.69, 9.17) is 0 Å². The molecule has 1 aromatic heterocycles. The largest absolute Gasteiger partial charge is 0.360 e. The first-order valence-corrected chi connectivity index (χ1v) is 6.08. The maximum absolute atomic E-state index is 13.0. The fourth-order valence-electron chi connectivity index (χ4n) is 1.79. The van der Waals surface area contributed by atoms with Gasteiger partial charge in [-0.2, -0.15) is 0 Å². The van der Waals surface area contributed by atoms with Crippen LogP contribution < -0.4 is 5.32 Å². The van der Waals surface area contributed by atoms with Gasteiger partial charge in [0.05, 0.1) is 5.56 Å². The molecule has 0 aliphatic rings. The number of rotatable bonds is 4. The fourth-order valence-corrected chi connectivity index (χ4v) is 1.79. The van der Waals surface area contributed by atoms with Crippen molar-refractivity contribution in [3.05, 3.63) is 35.8 Å². The Bertz CT molecular complexity index is 631. The number of aromatic nitrogens is 1. The third kappa shape index (κ3) is 2.81. The molecule has 5 heteroatoms. The summed E-state index contributed by atoms with van der Waals surface area (Å²) in [6.45, 7) is 4.33. The van der Waals surface area contributed by atoms with E-state index >= 15 is 0 Å². The average Bonchev–Trinajstić information content (AvgIpc) is 2.77. The third-order valence-electron chi connectivity index (χ3n) is 2.77. The van der Waals surface area contributed by atoms with Crippen molar-refractivity contribution in [2.45, 2.75) is 13.8 Å². The molecule has 0 spiro atoms. The van der Waals surface area contributed by atoms with Crippen LogP contribution in [0.1, 0.15) is 24.2 Å². The molecule has 1 amide bonds. The van der Waals surface area contributed by atoms with Crippen molar-refractivity contribution in [1.29, 1.82) is 0 Å². The van der Waals surface area contributed by atoms with Crippen molar-refractivity contribution in [2.75, 3.05) is 6.54 Å². The number of aromatic amines is 1. The summed E-state index contributed by atoms with van der Waals surface area (Å²) in [6.07, 6.45) is 1.43. The molecule has 0 atom stereocenters. The molecule has 19 heavy (non-hydrogen) atoms. The fraction of sp³-hybridized carbons (Fsp3) is 0.286. The average molecular weight is 262 g/mol. The van der Waals surface area contributed by atoms with Crippen LogP contribution in [0.15, 0.2) is 24.4 Å². The van der Waals surface area contributed by atoms with Gasteiger partial charge in [0, 0.05) is 23.6 Å². The van der Waals surface area contributed by atoms with Gasteiger partial charge < -0.3 is 10.3 Å². The Morgan fingerprint density at radius 1 is 1.37 bits per heavy atom. The second-order valence-corrected chi connectivity index (χ2v) is 4.83. The zero-order valence-corrected chi connectivity index (χ0v) is 10.8. The Morgan fingerprint density at radius 3 is 2.79 bits per heavy atom. The first kappa shape index (κ1) is 13.3. The van der Waals surface area contributed by atoms with Gasteiger partial charge in [0.15, 0.2) is 0 Å². The van der Waals surface area contributed by atoms with Crippen LogP contribution in [0.3, 0.4) is 0 Å². The third-order valence-corrected chi connectivity index (χ3v) is 2.77. The van der Waals surface area contributed by atoms with Crippen LogP contribution in [0.2, 0.25) is 0 Å². The molecule has 0 saturated heterocycles. The highest BCUT2D eigenvalue weighted by atomic mass is 19.1. The minimum atomic E-state index is -0.640. The minimum Gasteiger partial charge on any atom is -0.360 e. The van der Waals surface area contributed by atoms with Crippen molar-refractivity contribution < 1.29 is 14.0 Å². The quantitative estimate of drug-likeness (QED) is 0.656. The van der Waals surface area contributed by atoms with Crippen LogP contribution in [0.25, 0.3) is 10.9 Å². The summed E-state index contributed by atoms with van der Waals surface area (Å²) in [5.41, 5.74) is 0.760. The first-order valence-electron chi connectivity index (χ1n) is 6.08. The summed E-state index contributed by atoms with van der Waals surface area (Å²) in [6, 6.07) is 4.04. The monoisotopic (exact) mass is 262 g/mol. The number of hydrogen-bond acceptors (Lipinski definition) is 2. The summed E-state index contributed by atoms with van der Waals surface area (Å²) in [5.74, 6) is -1.37. The number of benzene rings is 1. The van der Waals surface area contributed by atoms with Crippen molar-refractivity contribution in [2.24, 2.45) is 5.92 Å². The Labute approximate surface area is 110 Å². The molecule has 0 radical (unpaired) electrons. The summed E-state index contributed by atoms with van der Waals surface area (Å²) in [7, 11) is 0. The van der Waals surface area contributed by atoms with Gasteiger partial charge in [0.25, 0.3) is 11.7 Å².